The van der Waals surface area contributed by atoms with Gasteiger partial charge in [-0.05, 0) is 18.1 Å². The summed E-state index contributed by atoms with van der Waals surface area (Å²) in [5, 5.41) is 12.0. The Morgan fingerprint density at radius 2 is 2.12 bits per heavy atom. The Bertz CT molecular complexity index is 765. The molecule has 0 saturated carbocycles. The minimum atomic E-state index is -1.09. The van der Waals surface area contributed by atoms with E-state index in [1.54, 1.807) is 6.92 Å². The Kier molecular flexibility index (Phi) is 4.55. The quantitative estimate of drug-likeness (QED) is 0.880. The van der Waals surface area contributed by atoms with Gasteiger partial charge in [0, 0.05) is 24.9 Å². The molecule has 0 spiro atoms. The zero-order valence-electron chi connectivity index (χ0n) is 13.4. The van der Waals surface area contributed by atoms with E-state index in [-0.39, 0.29) is 17.2 Å². The van der Waals surface area contributed by atoms with Crippen molar-refractivity contribution in [2.24, 2.45) is 0 Å². The molecule has 2 N–H and O–H groups in total. The lowest BCUT2D eigenvalue weighted by Gasteiger charge is -2.25. The lowest BCUT2D eigenvalue weighted by atomic mass is 9.93. The maximum atomic E-state index is 12.3. The van der Waals surface area contributed by atoms with Gasteiger partial charge in [0.05, 0.1) is 6.61 Å². The molecule has 1 aromatic carbocycles. The third-order valence-corrected chi connectivity index (χ3v) is 4.18. The first-order valence-electron chi connectivity index (χ1n) is 7.96. The van der Waals surface area contributed by atoms with Crippen LogP contribution in [0.1, 0.15) is 51.5 Å². The molecular formula is C18H19NO5. The number of furan rings is 1. The summed E-state index contributed by atoms with van der Waals surface area (Å²) in [5.41, 5.74) is 1.11. The molecule has 0 saturated heterocycles. The predicted octanol–water partition coefficient (Wildman–Crippen LogP) is 2.84. The molecule has 6 nitrogen and oxygen atoms in total. The highest BCUT2D eigenvalue weighted by Crippen LogP contribution is 2.32. The zero-order chi connectivity index (χ0) is 17.1. The first-order valence-corrected chi connectivity index (χ1v) is 7.96. The van der Waals surface area contributed by atoms with Gasteiger partial charge in [-0.25, -0.2) is 4.79 Å². The standard InChI is InChI=1S/C18H19NO5/c1-2-14-13(18(21)22)9-16(24-14)17(20)19-10-11-7-8-23-15-6-4-3-5-12(11)15/h3-6,9,11H,2,7-8,10H2,1H3,(H,19,20)(H,21,22)/t11-/m1/s1. The maximum absolute atomic E-state index is 12.3. The Hall–Kier alpha value is -2.76. The van der Waals surface area contributed by atoms with Crippen LogP contribution >= 0.6 is 0 Å². The summed E-state index contributed by atoms with van der Waals surface area (Å²) < 4.78 is 11.0. The highest BCUT2D eigenvalue weighted by Gasteiger charge is 2.24. The van der Waals surface area contributed by atoms with Crippen LogP contribution in [0.3, 0.4) is 0 Å². The van der Waals surface area contributed by atoms with Gasteiger partial charge in [0.15, 0.2) is 5.76 Å². The average molecular weight is 329 g/mol. The first-order chi connectivity index (χ1) is 11.6. The second kappa shape index (κ2) is 6.78. The Balaban J connectivity index is 1.70. The third kappa shape index (κ3) is 3.13. The van der Waals surface area contributed by atoms with Gasteiger partial charge in [-0.1, -0.05) is 25.1 Å². The topological polar surface area (TPSA) is 88.8 Å². The van der Waals surface area contributed by atoms with Crippen molar-refractivity contribution >= 4 is 11.9 Å². The van der Waals surface area contributed by atoms with Crippen molar-refractivity contribution in [1.82, 2.24) is 5.32 Å². The summed E-state index contributed by atoms with van der Waals surface area (Å²) in [6.07, 6.45) is 1.23. The number of hydrogen-bond donors (Lipinski definition) is 2. The fourth-order valence-corrected chi connectivity index (χ4v) is 2.92. The fourth-order valence-electron chi connectivity index (χ4n) is 2.92. The predicted molar refractivity (Wildman–Crippen MR) is 86.7 cm³/mol. The number of ether oxygens (including phenoxy) is 1. The summed E-state index contributed by atoms with van der Waals surface area (Å²) in [6.45, 7) is 2.84. The second-order valence-corrected chi connectivity index (χ2v) is 5.69. The van der Waals surface area contributed by atoms with Crippen LogP contribution < -0.4 is 10.1 Å². The number of amides is 1. The molecule has 0 aliphatic carbocycles. The molecule has 1 aliphatic heterocycles. The van der Waals surface area contributed by atoms with E-state index in [0.29, 0.717) is 25.3 Å². The smallest absolute Gasteiger partial charge is 0.339 e. The second-order valence-electron chi connectivity index (χ2n) is 5.69. The number of carbonyl (C=O) groups is 2. The van der Waals surface area contributed by atoms with Crippen molar-refractivity contribution in [3.05, 3.63) is 53.0 Å². The molecule has 1 amide bonds. The molecule has 1 atom stereocenters. The van der Waals surface area contributed by atoms with Crippen LogP contribution in [0.5, 0.6) is 5.75 Å². The van der Waals surface area contributed by atoms with E-state index < -0.39 is 11.9 Å². The number of aryl methyl sites for hydroxylation is 1. The highest BCUT2D eigenvalue weighted by atomic mass is 16.5. The van der Waals surface area contributed by atoms with Crippen molar-refractivity contribution < 1.29 is 23.8 Å². The van der Waals surface area contributed by atoms with Crippen LogP contribution in [-0.2, 0) is 6.42 Å². The van der Waals surface area contributed by atoms with Crippen LogP contribution in [0.4, 0.5) is 0 Å². The minimum absolute atomic E-state index is 0.0320. The van der Waals surface area contributed by atoms with Crippen LogP contribution in [0.25, 0.3) is 0 Å². The number of carboxylic acid groups (broad SMARTS) is 1. The van der Waals surface area contributed by atoms with E-state index in [1.807, 2.05) is 24.3 Å². The van der Waals surface area contributed by atoms with Crippen LogP contribution in [0.2, 0.25) is 0 Å². The molecule has 24 heavy (non-hydrogen) atoms. The average Bonchev–Trinajstić information content (AvgIpc) is 3.04. The van der Waals surface area contributed by atoms with Crippen molar-refractivity contribution in [2.45, 2.75) is 25.7 Å². The molecule has 0 unspecified atom stereocenters. The molecule has 1 aromatic heterocycles. The molecule has 126 valence electrons. The van der Waals surface area contributed by atoms with Crippen molar-refractivity contribution in [2.75, 3.05) is 13.2 Å². The molecule has 0 bridgehead atoms. The zero-order valence-corrected chi connectivity index (χ0v) is 13.4. The molecule has 6 heteroatoms. The number of benzene rings is 1. The minimum Gasteiger partial charge on any atom is -0.493 e. The number of fused-ring (bicyclic) bond motifs is 1. The molecule has 0 fully saturated rings. The van der Waals surface area contributed by atoms with E-state index in [9.17, 15) is 9.59 Å². The summed E-state index contributed by atoms with van der Waals surface area (Å²) in [7, 11) is 0. The van der Waals surface area contributed by atoms with Gasteiger partial charge >= 0.3 is 5.97 Å². The van der Waals surface area contributed by atoms with Crippen LogP contribution in [0, 0.1) is 0 Å². The van der Waals surface area contributed by atoms with Gasteiger partial charge in [0.1, 0.15) is 17.1 Å². The molecular weight excluding hydrogens is 310 g/mol. The molecule has 1 aliphatic rings. The van der Waals surface area contributed by atoms with Gasteiger partial charge < -0.3 is 19.6 Å². The normalized spacial score (nSPS) is 16.1. The summed E-state index contributed by atoms with van der Waals surface area (Å²) in [5.74, 6) is -0.135. The SMILES string of the molecule is CCc1oc(C(=O)NC[C@H]2CCOc3ccccc32)cc1C(=O)O. The maximum Gasteiger partial charge on any atom is 0.339 e. The van der Waals surface area contributed by atoms with E-state index in [2.05, 4.69) is 5.32 Å². The van der Waals surface area contributed by atoms with Crippen LogP contribution in [0.15, 0.2) is 34.7 Å². The molecule has 2 aromatic rings. The summed E-state index contributed by atoms with van der Waals surface area (Å²) in [6, 6.07) is 9.07. The van der Waals surface area contributed by atoms with E-state index in [0.717, 1.165) is 17.7 Å². The van der Waals surface area contributed by atoms with Gasteiger partial charge in [-0.15, -0.1) is 0 Å². The van der Waals surface area contributed by atoms with Crippen molar-refractivity contribution in [3.8, 4) is 5.75 Å². The van der Waals surface area contributed by atoms with Crippen molar-refractivity contribution in [1.29, 1.82) is 0 Å². The lowest BCUT2D eigenvalue weighted by Crippen LogP contribution is -2.30. The van der Waals surface area contributed by atoms with E-state index in [1.165, 1.54) is 6.07 Å². The lowest BCUT2D eigenvalue weighted by molar-refractivity contribution is 0.0694. The van der Waals surface area contributed by atoms with Gasteiger partial charge in [0.25, 0.3) is 5.91 Å². The number of carbonyl (C=O) groups excluding carboxylic acids is 1. The van der Waals surface area contributed by atoms with Gasteiger partial charge in [-0.3, -0.25) is 4.79 Å². The molecule has 0 radical (unpaired) electrons. The first kappa shape index (κ1) is 16.1. The van der Waals surface area contributed by atoms with E-state index in [4.69, 9.17) is 14.3 Å². The number of aromatic carboxylic acids is 1. The highest BCUT2D eigenvalue weighted by molar-refractivity contribution is 5.96. The monoisotopic (exact) mass is 329 g/mol. The largest absolute Gasteiger partial charge is 0.493 e. The third-order valence-electron chi connectivity index (χ3n) is 4.18. The van der Waals surface area contributed by atoms with Gasteiger partial charge in [-0.2, -0.15) is 0 Å². The Morgan fingerprint density at radius 1 is 1.33 bits per heavy atom. The van der Waals surface area contributed by atoms with Crippen LogP contribution in [-0.4, -0.2) is 30.1 Å². The molecule has 3 rings (SSSR count). The number of para-hydroxylation sites is 1. The van der Waals surface area contributed by atoms with Crippen molar-refractivity contribution in [3.63, 3.8) is 0 Å². The molecule has 2 heterocycles. The van der Waals surface area contributed by atoms with E-state index >= 15 is 0 Å². The Labute approximate surface area is 139 Å². The Morgan fingerprint density at radius 3 is 2.83 bits per heavy atom. The summed E-state index contributed by atoms with van der Waals surface area (Å²) >= 11 is 0. The number of nitrogens with one attached hydrogen (secondary N) is 1. The summed E-state index contributed by atoms with van der Waals surface area (Å²) in [4.78, 5) is 23.4. The number of rotatable bonds is 5. The number of hydrogen-bond acceptors (Lipinski definition) is 4. The number of carboxylic acids is 1. The van der Waals surface area contributed by atoms with Gasteiger partial charge in [0.2, 0.25) is 0 Å². The fraction of sp³-hybridized carbons (Fsp3) is 0.333.